The molecular weight excluding hydrogens is 310 g/mol. The highest BCUT2D eigenvalue weighted by Gasteiger charge is 2.19. The van der Waals surface area contributed by atoms with Crippen LogP contribution in [-0.2, 0) is 12.8 Å². The van der Waals surface area contributed by atoms with Crippen LogP contribution in [0.3, 0.4) is 0 Å². The third-order valence-corrected chi connectivity index (χ3v) is 5.40. The molecule has 2 aliphatic carbocycles. The average Bonchev–Trinajstić information content (AvgIpc) is 2.61. The van der Waals surface area contributed by atoms with E-state index < -0.39 is 0 Å². The summed E-state index contributed by atoms with van der Waals surface area (Å²) in [5.74, 6) is 0.190. The zero-order valence-corrected chi connectivity index (χ0v) is 16.0. The first-order chi connectivity index (χ1) is 12.1. The van der Waals surface area contributed by atoms with Gasteiger partial charge in [-0.05, 0) is 48.8 Å². The average molecular weight is 346 g/mol. The van der Waals surface area contributed by atoms with Gasteiger partial charge < -0.3 is 10.4 Å². The second kappa shape index (κ2) is 10.6. The molecule has 3 rings (SSSR count). The first-order valence-electron chi connectivity index (χ1n) is 10.2. The SMILES string of the molecule is CC(C)[C@@H](CO)NC(=O)c1cc2ccc1CCCCCCCCCC2. The third-order valence-electron chi connectivity index (χ3n) is 5.40. The highest BCUT2D eigenvalue weighted by molar-refractivity contribution is 5.96. The van der Waals surface area contributed by atoms with E-state index in [4.69, 9.17) is 0 Å². The van der Waals surface area contributed by atoms with Crippen LogP contribution in [0.2, 0.25) is 0 Å². The number of rotatable bonds is 4. The molecule has 0 unspecified atom stereocenters. The van der Waals surface area contributed by atoms with E-state index in [1.165, 1.54) is 50.5 Å². The van der Waals surface area contributed by atoms with Gasteiger partial charge in [-0.15, -0.1) is 0 Å². The molecule has 0 fully saturated rings. The Labute approximate surface area is 153 Å². The summed E-state index contributed by atoms with van der Waals surface area (Å²) in [7, 11) is 0. The van der Waals surface area contributed by atoms with Crippen molar-refractivity contribution >= 4 is 5.91 Å². The molecule has 0 saturated heterocycles. The number of aliphatic hydroxyl groups is 1. The van der Waals surface area contributed by atoms with Gasteiger partial charge in [-0.1, -0.05) is 64.5 Å². The summed E-state index contributed by atoms with van der Waals surface area (Å²) in [6.45, 7) is 4.03. The third kappa shape index (κ3) is 6.47. The van der Waals surface area contributed by atoms with E-state index in [1.54, 1.807) is 0 Å². The van der Waals surface area contributed by atoms with Gasteiger partial charge in [-0.25, -0.2) is 0 Å². The Kier molecular flexibility index (Phi) is 8.47. The van der Waals surface area contributed by atoms with Gasteiger partial charge in [0, 0.05) is 5.56 Å². The smallest absolute Gasteiger partial charge is 0.251 e. The van der Waals surface area contributed by atoms with Gasteiger partial charge in [0.05, 0.1) is 12.6 Å². The molecule has 3 nitrogen and oxygen atoms in total. The maximum absolute atomic E-state index is 12.8. The Morgan fingerprint density at radius 3 is 2.20 bits per heavy atom. The number of carbonyl (C=O) groups excluding carboxylic acids is 1. The van der Waals surface area contributed by atoms with Crippen molar-refractivity contribution in [3.8, 4) is 0 Å². The molecule has 0 aliphatic heterocycles. The highest BCUT2D eigenvalue weighted by atomic mass is 16.3. The van der Waals surface area contributed by atoms with Gasteiger partial charge in [0.25, 0.3) is 5.91 Å². The first kappa shape index (κ1) is 20.0. The first-order valence-corrected chi connectivity index (χ1v) is 10.2. The van der Waals surface area contributed by atoms with Gasteiger partial charge in [-0.2, -0.15) is 0 Å². The predicted octanol–water partition coefficient (Wildman–Crippen LogP) is 4.65. The monoisotopic (exact) mass is 345 g/mol. The molecule has 0 spiro atoms. The highest BCUT2D eigenvalue weighted by Crippen LogP contribution is 2.20. The van der Waals surface area contributed by atoms with Crippen LogP contribution in [0.25, 0.3) is 0 Å². The van der Waals surface area contributed by atoms with E-state index in [2.05, 4.69) is 23.5 Å². The van der Waals surface area contributed by atoms with Gasteiger partial charge in [0.2, 0.25) is 0 Å². The molecule has 1 atom stereocenters. The maximum atomic E-state index is 12.8. The van der Waals surface area contributed by atoms with Crippen molar-refractivity contribution in [2.75, 3.05) is 6.61 Å². The number of fused-ring (bicyclic) bond motifs is 11. The number of carbonyl (C=O) groups is 1. The lowest BCUT2D eigenvalue weighted by Gasteiger charge is -2.21. The van der Waals surface area contributed by atoms with Crippen LogP contribution < -0.4 is 5.32 Å². The van der Waals surface area contributed by atoms with Gasteiger partial charge in [0.15, 0.2) is 0 Å². The molecule has 0 aromatic heterocycles. The zero-order valence-electron chi connectivity index (χ0n) is 16.0. The minimum Gasteiger partial charge on any atom is -0.394 e. The van der Waals surface area contributed by atoms with Crippen molar-refractivity contribution in [3.05, 3.63) is 34.9 Å². The van der Waals surface area contributed by atoms with E-state index in [0.717, 1.165) is 30.4 Å². The largest absolute Gasteiger partial charge is 0.394 e. The standard InChI is InChI=1S/C22H35NO2/c1-17(2)21(16-24)23-22(25)20-15-18-11-9-7-5-3-4-6-8-10-12-19(20)14-13-18/h13-15,17,21,24H,3-12,16H2,1-2H3,(H,23,25)/t21-/m1/s1. The van der Waals surface area contributed by atoms with Crippen LogP contribution in [-0.4, -0.2) is 23.7 Å². The second-order valence-corrected chi connectivity index (χ2v) is 7.83. The number of aliphatic hydroxyl groups excluding tert-OH is 1. The van der Waals surface area contributed by atoms with Crippen LogP contribution in [0.4, 0.5) is 0 Å². The van der Waals surface area contributed by atoms with Crippen molar-refractivity contribution in [2.24, 2.45) is 5.92 Å². The normalized spacial score (nSPS) is 17.9. The lowest BCUT2D eigenvalue weighted by molar-refractivity contribution is 0.0895. The molecule has 2 bridgehead atoms. The summed E-state index contributed by atoms with van der Waals surface area (Å²) < 4.78 is 0. The molecule has 0 saturated carbocycles. The van der Waals surface area contributed by atoms with Crippen molar-refractivity contribution in [1.29, 1.82) is 0 Å². The van der Waals surface area contributed by atoms with Crippen molar-refractivity contribution in [2.45, 2.75) is 84.1 Å². The summed E-state index contributed by atoms with van der Waals surface area (Å²) in [6, 6.07) is 6.25. The predicted molar refractivity (Wildman–Crippen MR) is 104 cm³/mol. The van der Waals surface area contributed by atoms with Crippen molar-refractivity contribution < 1.29 is 9.90 Å². The molecule has 3 heteroatoms. The molecule has 2 N–H and O–H groups in total. The molecule has 140 valence electrons. The lowest BCUT2D eigenvalue weighted by Crippen LogP contribution is -2.41. The van der Waals surface area contributed by atoms with Crippen LogP contribution in [0.15, 0.2) is 18.2 Å². The number of benzene rings is 1. The molecule has 1 aromatic carbocycles. The minimum absolute atomic E-state index is 0.0154. The molecule has 1 amide bonds. The summed E-state index contributed by atoms with van der Waals surface area (Å²) >= 11 is 0. The quantitative estimate of drug-likeness (QED) is 0.834. The fourth-order valence-electron chi connectivity index (χ4n) is 3.58. The summed E-state index contributed by atoms with van der Waals surface area (Å²) in [5.41, 5.74) is 3.23. The van der Waals surface area contributed by atoms with Crippen molar-refractivity contribution in [1.82, 2.24) is 5.32 Å². The Bertz CT molecular complexity index is 539. The van der Waals surface area contributed by atoms with Gasteiger partial charge in [0.1, 0.15) is 0 Å². The summed E-state index contributed by atoms with van der Waals surface area (Å²) in [5, 5.41) is 12.6. The minimum atomic E-state index is -0.186. The van der Waals surface area contributed by atoms with E-state index in [1.807, 2.05) is 13.8 Å². The Morgan fingerprint density at radius 2 is 1.60 bits per heavy atom. The van der Waals surface area contributed by atoms with E-state index in [0.29, 0.717) is 0 Å². The summed E-state index contributed by atoms with van der Waals surface area (Å²) in [4.78, 5) is 12.8. The number of nitrogens with one attached hydrogen (secondary N) is 1. The molecule has 25 heavy (non-hydrogen) atoms. The Balaban J connectivity index is 2.17. The number of aryl methyl sites for hydroxylation is 2. The fraction of sp³-hybridized carbons (Fsp3) is 0.682. The zero-order chi connectivity index (χ0) is 18.1. The van der Waals surface area contributed by atoms with Crippen LogP contribution in [0, 0.1) is 5.92 Å². The molecular formula is C22H35NO2. The second-order valence-electron chi connectivity index (χ2n) is 7.83. The van der Waals surface area contributed by atoms with Gasteiger partial charge >= 0.3 is 0 Å². The Hall–Kier alpha value is -1.35. The summed E-state index contributed by atoms with van der Waals surface area (Å²) in [6.07, 6.45) is 12.2. The van der Waals surface area contributed by atoms with E-state index >= 15 is 0 Å². The van der Waals surface area contributed by atoms with Gasteiger partial charge in [-0.3, -0.25) is 4.79 Å². The van der Waals surface area contributed by atoms with Crippen LogP contribution in [0.1, 0.15) is 86.7 Å². The molecule has 0 heterocycles. The fourth-order valence-corrected chi connectivity index (χ4v) is 3.58. The Morgan fingerprint density at radius 1 is 1.00 bits per heavy atom. The molecule has 2 aliphatic rings. The topological polar surface area (TPSA) is 49.3 Å². The van der Waals surface area contributed by atoms with Crippen LogP contribution >= 0.6 is 0 Å². The van der Waals surface area contributed by atoms with E-state index in [-0.39, 0.29) is 24.5 Å². The van der Waals surface area contributed by atoms with E-state index in [9.17, 15) is 9.90 Å². The number of hydrogen-bond donors (Lipinski definition) is 2. The number of amides is 1. The molecule has 0 radical (unpaired) electrons. The molecule has 1 aromatic rings. The number of hydrogen-bond acceptors (Lipinski definition) is 2. The maximum Gasteiger partial charge on any atom is 0.251 e. The lowest BCUT2D eigenvalue weighted by atomic mass is 9.94. The van der Waals surface area contributed by atoms with Crippen molar-refractivity contribution in [3.63, 3.8) is 0 Å². The van der Waals surface area contributed by atoms with Crippen LogP contribution in [0.5, 0.6) is 0 Å².